The van der Waals surface area contributed by atoms with Crippen LogP contribution in [0.1, 0.15) is 200 Å². The van der Waals surface area contributed by atoms with Crippen molar-refractivity contribution in [2.24, 2.45) is 0 Å². The molecule has 0 radical (unpaired) electrons. The summed E-state index contributed by atoms with van der Waals surface area (Å²) in [4.78, 5) is 25.9. The molecular weight excluding hydrogens is 961 g/mol. The summed E-state index contributed by atoms with van der Waals surface area (Å²) in [5, 5.41) is 72.3. The summed E-state index contributed by atoms with van der Waals surface area (Å²) in [6, 6.07) is 0. The minimum absolute atomic E-state index is 0.153. The monoisotopic (exact) mass is 1060 g/mol. The molecule has 15 nitrogen and oxygen atoms in total. The van der Waals surface area contributed by atoms with Crippen LogP contribution in [-0.2, 0) is 38.0 Å². The van der Waals surface area contributed by atoms with E-state index in [1.165, 1.54) is 57.8 Å². The highest BCUT2D eigenvalue weighted by Gasteiger charge is 2.47. The first-order valence-electron chi connectivity index (χ1n) is 29.0. The fourth-order valence-electron chi connectivity index (χ4n) is 8.71. The molecule has 0 saturated carbocycles. The van der Waals surface area contributed by atoms with E-state index in [2.05, 4.69) is 86.8 Å². The highest BCUT2D eigenvalue weighted by Crippen LogP contribution is 2.26. The summed E-state index contributed by atoms with van der Waals surface area (Å²) in [6.45, 7) is 2.45. The third-order valence-electron chi connectivity index (χ3n) is 13.4. The van der Waals surface area contributed by atoms with Crippen LogP contribution in [0.3, 0.4) is 0 Å². The van der Waals surface area contributed by atoms with Crippen molar-refractivity contribution < 1.29 is 73.8 Å². The van der Waals surface area contributed by atoms with Crippen molar-refractivity contribution in [3.05, 3.63) is 72.9 Å². The molecule has 432 valence electrons. The van der Waals surface area contributed by atoms with E-state index in [9.17, 15) is 45.3 Å². The second-order valence-electron chi connectivity index (χ2n) is 20.1. The van der Waals surface area contributed by atoms with Crippen molar-refractivity contribution in [1.82, 2.24) is 0 Å². The van der Waals surface area contributed by atoms with Gasteiger partial charge < -0.3 is 64.2 Å². The molecule has 0 aliphatic carbocycles. The van der Waals surface area contributed by atoms with Gasteiger partial charge in [0.15, 0.2) is 18.7 Å². The summed E-state index contributed by atoms with van der Waals surface area (Å²) in [7, 11) is 0. The van der Waals surface area contributed by atoms with Gasteiger partial charge in [-0.2, -0.15) is 0 Å². The number of unbranched alkanes of at least 4 members (excludes halogenated alkanes) is 19. The van der Waals surface area contributed by atoms with Gasteiger partial charge in [-0.15, -0.1) is 0 Å². The molecule has 0 aromatic rings. The molecule has 11 unspecified atom stereocenters. The van der Waals surface area contributed by atoms with Crippen molar-refractivity contribution in [3.63, 3.8) is 0 Å². The van der Waals surface area contributed by atoms with Gasteiger partial charge >= 0.3 is 11.9 Å². The van der Waals surface area contributed by atoms with E-state index in [-0.39, 0.29) is 19.4 Å². The number of ether oxygens (including phenoxy) is 6. The van der Waals surface area contributed by atoms with Crippen LogP contribution in [-0.4, -0.2) is 142 Å². The van der Waals surface area contributed by atoms with Crippen molar-refractivity contribution in [2.45, 2.75) is 268 Å². The molecule has 11 atom stereocenters. The zero-order valence-electron chi connectivity index (χ0n) is 46.0. The van der Waals surface area contributed by atoms with Gasteiger partial charge in [0.1, 0.15) is 55.4 Å². The Kier molecular flexibility index (Phi) is 41.7. The molecule has 75 heavy (non-hydrogen) atoms. The average Bonchev–Trinajstić information content (AvgIpc) is 3.40. The van der Waals surface area contributed by atoms with Crippen LogP contribution in [0.15, 0.2) is 72.9 Å². The molecule has 0 spiro atoms. The van der Waals surface area contributed by atoms with E-state index >= 15 is 0 Å². The Morgan fingerprint density at radius 3 is 1.32 bits per heavy atom. The van der Waals surface area contributed by atoms with E-state index in [0.717, 1.165) is 103 Å². The maximum atomic E-state index is 13.1. The number of allylic oxidation sites excluding steroid dienone is 12. The van der Waals surface area contributed by atoms with Gasteiger partial charge in [-0.3, -0.25) is 9.59 Å². The smallest absolute Gasteiger partial charge is 0.306 e. The van der Waals surface area contributed by atoms with E-state index in [4.69, 9.17) is 28.4 Å². The topological polar surface area (TPSA) is 231 Å². The lowest BCUT2D eigenvalue weighted by atomic mass is 9.98. The molecule has 0 bridgehead atoms. The van der Waals surface area contributed by atoms with Crippen LogP contribution in [0.4, 0.5) is 0 Å². The Labute approximate surface area is 451 Å². The third-order valence-corrected chi connectivity index (χ3v) is 13.4. The molecule has 2 rings (SSSR count). The molecule has 15 heteroatoms. The van der Waals surface area contributed by atoms with Crippen LogP contribution < -0.4 is 0 Å². The summed E-state index contributed by atoms with van der Waals surface area (Å²) in [5.74, 6) is -0.947. The highest BCUT2D eigenvalue weighted by molar-refractivity contribution is 5.70. The number of hydrogen-bond donors (Lipinski definition) is 7. The minimum Gasteiger partial charge on any atom is -0.462 e. The van der Waals surface area contributed by atoms with Gasteiger partial charge in [-0.05, 0) is 83.5 Å². The molecule has 2 fully saturated rings. The first kappa shape index (κ1) is 68.0. The summed E-state index contributed by atoms with van der Waals surface area (Å²) in [5.41, 5.74) is 0. The van der Waals surface area contributed by atoms with Crippen molar-refractivity contribution in [1.29, 1.82) is 0 Å². The van der Waals surface area contributed by atoms with Crippen molar-refractivity contribution >= 4 is 11.9 Å². The predicted octanol–water partition coefficient (Wildman–Crippen LogP) is 9.77. The zero-order chi connectivity index (χ0) is 54.6. The van der Waals surface area contributed by atoms with Gasteiger partial charge in [-0.1, -0.05) is 177 Å². The number of hydrogen-bond acceptors (Lipinski definition) is 15. The maximum Gasteiger partial charge on any atom is 0.306 e. The lowest BCUT2D eigenvalue weighted by molar-refractivity contribution is -0.332. The number of esters is 2. The van der Waals surface area contributed by atoms with Crippen LogP contribution in [0.2, 0.25) is 0 Å². The number of aliphatic hydroxyl groups excluding tert-OH is 7. The standard InChI is InChI=1S/C60H102O15/c1-3-5-7-9-11-13-15-17-19-21-22-23-24-25-26-27-29-31-33-35-37-39-41-43-52(63)73-48(45-70-51(62)42-40-38-36-34-32-30-28-20-18-16-14-12-10-8-6-4-2)46-71-59-58(69)56(67)54(65)50(75-59)47-72-60-57(68)55(66)53(64)49(44-61)74-60/h5,7,11,13-14,16-17,19-20,22-23,28,48-50,53-61,64-69H,3-4,6,8-10,12,15,18,21,24-27,29-47H2,1-2H3/b7-5-,13-11-,16-14-,19-17-,23-22-,28-20-. The molecule has 0 aromatic carbocycles. The normalized spacial score (nSPS) is 25.0. The van der Waals surface area contributed by atoms with Gasteiger partial charge in [0.2, 0.25) is 0 Å². The van der Waals surface area contributed by atoms with E-state index in [1.54, 1.807) is 0 Å². The van der Waals surface area contributed by atoms with Gasteiger partial charge in [0.05, 0.1) is 19.8 Å². The molecule has 0 amide bonds. The third kappa shape index (κ3) is 33.1. The van der Waals surface area contributed by atoms with Crippen molar-refractivity contribution in [3.8, 4) is 0 Å². The Hall–Kier alpha value is -3.06. The molecular formula is C60H102O15. The maximum absolute atomic E-state index is 13.1. The Morgan fingerprint density at radius 2 is 0.840 bits per heavy atom. The predicted molar refractivity (Wildman–Crippen MR) is 293 cm³/mol. The summed E-state index contributed by atoms with van der Waals surface area (Å²) < 4.78 is 33.7. The largest absolute Gasteiger partial charge is 0.462 e. The fraction of sp³-hybridized carbons (Fsp3) is 0.767. The zero-order valence-corrected chi connectivity index (χ0v) is 46.0. The molecule has 2 aliphatic heterocycles. The Morgan fingerprint density at radius 1 is 0.440 bits per heavy atom. The Bertz CT molecular complexity index is 1580. The molecule has 2 aliphatic rings. The van der Waals surface area contributed by atoms with E-state index in [1.807, 2.05) is 0 Å². The highest BCUT2D eigenvalue weighted by atomic mass is 16.7. The molecule has 7 N–H and O–H groups in total. The van der Waals surface area contributed by atoms with E-state index in [0.29, 0.717) is 12.8 Å². The van der Waals surface area contributed by atoms with Crippen LogP contribution in [0.25, 0.3) is 0 Å². The Balaban J connectivity index is 1.75. The lowest BCUT2D eigenvalue weighted by Gasteiger charge is -2.42. The minimum atomic E-state index is -1.77. The SMILES string of the molecule is CC/C=C\C/C=C\C/C=C\C/C=C\CCCCCCCCCCCCC(=O)OC(COC(=O)CCCCCCC/C=C\C/C=C\CCCCCC)COC1OC(COC2OC(CO)C(O)C(O)C2O)C(O)C(O)C1O. The number of rotatable bonds is 45. The van der Waals surface area contributed by atoms with Gasteiger partial charge in [0.25, 0.3) is 0 Å². The number of carbonyl (C=O) groups excluding carboxylic acids is 2. The summed E-state index contributed by atoms with van der Waals surface area (Å²) in [6.07, 6.45) is 39.1. The van der Waals surface area contributed by atoms with E-state index < -0.39 is 99.3 Å². The summed E-state index contributed by atoms with van der Waals surface area (Å²) >= 11 is 0. The average molecular weight is 1060 g/mol. The lowest BCUT2D eigenvalue weighted by Crippen LogP contribution is -2.61. The molecule has 2 heterocycles. The fourth-order valence-corrected chi connectivity index (χ4v) is 8.71. The molecule has 0 aromatic heterocycles. The number of aliphatic hydroxyl groups is 7. The quantitative estimate of drug-likeness (QED) is 0.0171. The first-order valence-corrected chi connectivity index (χ1v) is 29.0. The number of carbonyl (C=O) groups is 2. The second kappa shape index (κ2) is 45.9. The van der Waals surface area contributed by atoms with Crippen molar-refractivity contribution in [2.75, 3.05) is 26.4 Å². The second-order valence-corrected chi connectivity index (χ2v) is 20.1. The molecule has 2 saturated heterocycles. The van der Waals surface area contributed by atoms with Crippen LogP contribution in [0.5, 0.6) is 0 Å². The van der Waals surface area contributed by atoms with Crippen LogP contribution >= 0.6 is 0 Å². The first-order chi connectivity index (χ1) is 36.5. The van der Waals surface area contributed by atoms with Gasteiger partial charge in [-0.25, -0.2) is 0 Å². The van der Waals surface area contributed by atoms with Crippen LogP contribution in [0, 0.1) is 0 Å². The van der Waals surface area contributed by atoms with Gasteiger partial charge in [0, 0.05) is 12.8 Å².